The lowest BCUT2D eigenvalue weighted by molar-refractivity contribution is 0.0600. The Labute approximate surface area is 183 Å². The Kier molecular flexibility index (Phi) is 4.57. The average Bonchev–Trinajstić information content (AvgIpc) is 3.40. The fraction of sp³-hybridized carbons (Fsp3) is 0.0952. The van der Waals surface area contributed by atoms with Gasteiger partial charge in [0, 0.05) is 5.02 Å². The molecule has 0 fully saturated rings. The minimum Gasteiger partial charge on any atom is -0.465 e. The lowest BCUT2D eigenvalue weighted by atomic mass is 9.98. The molecule has 4 aromatic rings. The monoisotopic (exact) mass is 453 g/mol. The molecule has 10 heteroatoms. The van der Waals surface area contributed by atoms with Crippen LogP contribution >= 0.6 is 22.9 Å². The molecule has 1 aliphatic heterocycles. The predicted octanol–water partition coefficient (Wildman–Crippen LogP) is 3.83. The van der Waals surface area contributed by atoms with Gasteiger partial charge in [-0.2, -0.15) is 0 Å². The molecule has 2 aromatic carbocycles. The van der Waals surface area contributed by atoms with Crippen LogP contribution in [-0.2, 0) is 4.74 Å². The molecule has 2 aromatic heterocycles. The Morgan fingerprint density at radius 3 is 2.65 bits per heavy atom. The summed E-state index contributed by atoms with van der Waals surface area (Å²) < 4.78 is 10.6. The molecule has 0 N–H and O–H groups in total. The summed E-state index contributed by atoms with van der Waals surface area (Å²) >= 11 is 7.24. The molecule has 1 unspecified atom stereocenters. The van der Waals surface area contributed by atoms with E-state index in [0.29, 0.717) is 21.3 Å². The molecule has 154 valence electrons. The first-order valence-corrected chi connectivity index (χ1v) is 10.3. The van der Waals surface area contributed by atoms with Crippen molar-refractivity contribution in [2.24, 2.45) is 0 Å². The summed E-state index contributed by atoms with van der Waals surface area (Å²) in [5.74, 6) is -1.05. The van der Waals surface area contributed by atoms with Gasteiger partial charge >= 0.3 is 5.97 Å². The second-order valence-electron chi connectivity index (χ2n) is 6.73. The van der Waals surface area contributed by atoms with Crippen molar-refractivity contribution in [3.05, 3.63) is 85.7 Å². The van der Waals surface area contributed by atoms with Crippen molar-refractivity contribution in [2.75, 3.05) is 12.0 Å². The van der Waals surface area contributed by atoms with E-state index >= 15 is 0 Å². The number of hydrogen-bond acceptors (Lipinski definition) is 8. The van der Waals surface area contributed by atoms with Crippen LogP contribution in [0, 0.1) is 0 Å². The molecular weight excluding hydrogens is 442 g/mol. The fourth-order valence-electron chi connectivity index (χ4n) is 3.65. The van der Waals surface area contributed by atoms with Crippen LogP contribution in [0.4, 0.5) is 5.13 Å². The third-order valence-electron chi connectivity index (χ3n) is 5.03. The van der Waals surface area contributed by atoms with Crippen molar-refractivity contribution in [1.82, 2.24) is 10.2 Å². The minimum atomic E-state index is -0.804. The van der Waals surface area contributed by atoms with Crippen LogP contribution in [-0.4, -0.2) is 29.2 Å². The van der Waals surface area contributed by atoms with Crippen molar-refractivity contribution >= 4 is 50.9 Å². The highest BCUT2D eigenvalue weighted by molar-refractivity contribution is 7.13. The van der Waals surface area contributed by atoms with Gasteiger partial charge in [-0.3, -0.25) is 14.5 Å². The Balaban J connectivity index is 1.76. The maximum absolute atomic E-state index is 13.4. The number of benzene rings is 2. The normalized spacial score (nSPS) is 15.4. The van der Waals surface area contributed by atoms with Gasteiger partial charge in [-0.25, -0.2) is 4.79 Å². The zero-order chi connectivity index (χ0) is 21.7. The van der Waals surface area contributed by atoms with Crippen molar-refractivity contribution in [2.45, 2.75) is 6.04 Å². The van der Waals surface area contributed by atoms with Crippen LogP contribution in [0.5, 0.6) is 0 Å². The van der Waals surface area contributed by atoms with E-state index in [1.165, 1.54) is 23.6 Å². The third-order valence-corrected chi connectivity index (χ3v) is 5.96. The van der Waals surface area contributed by atoms with Crippen LogP contribution in [0.25, 0.3) is 11.0 Å². The highest BCUT2D eigenvalue weighted by Gasteiger charge is 2.45. The van der Waals surface area contributed by atoms with Gasteiger partial charge in [0.2, 0.25) is 10.9 Å². The number of ether oxygens (including phenoxy) is 1. The van der Waals surface area contributed by atoms with E-state index in [-0.39, 0.29) is 27.7 Å². The molecule has 5 rings (SSSR count). The molecule has 1 atom stereocenters. The van der Waals surface area contributed by atoms with Gasteiger partial charge in [0.25, 0.3) is 5.91 Å². The molecule has 0 saturated carbocycles. The second-order valence-corrected chi connectivity index (χ2v) is 7.98. The highest BCUT2D eigenvalue weighted by atomic mass is 35.5. The summed E-state index contributed by atoms with van der Waals surface area (Å²) in [6.45, 7) is 0. The van der Waals surface area contributed by atoms with E-state index < -0.39 is 17.9 Å². The summed E-state index contributed by atoms with van der Waals surface area (Å²) in [7, 11) is 1.29. The molecule has 0 aliphatic carbocycles. The van der Waals surface area contributed by atoms with Crippen LogP contribution in [0.2, 0.25) is 5.02 Å². The molecule has 0 radical (unpaired) electrons. The molecule has 31 heavy (non-hydrogen) atoms. The van der Waals surface area contributed by atoms with Gasteiger partial charge in [-0.15, -0.1) is 10.2 Å². The quantitative estimate of drug-likeness (QED) is 0.434. The largest absolute Gasteiger partial charge is 0.465 e. The first-order chi connectivity index (χ1) is 15.0. The number of hydrogen-bond donors (Lipinski definition) is 0. The Bertz CT molecular complexity index is 1400. The van der Waals surface area contributed by atoms with E-state index in [4.69, 9.17) is 20.8 Å². The lowest BCUT2D eigenvalue weighted by Crippen LogP contribution is -2.29. The summed E-state index contributed by atoms with van der Waals surface area (Å²) in [5.41, 5.74) is 2.52. The van der Waals surface area contributed by atoms with E-state index in [2.05, 4.69) is 10.2 Å². The smallest absolute Gasteiger partial charge is 0.337 e. The number of carbonyl (C=O) groups excluding carboxylic acids is 2. The number of fused-ring (bicyclic) bond motifs is 2. The maximum atomic E-state index is 13.4. The van der Waals surface area contributed by atoms with Crippen molar-refractivity contribution in [3.8, 4) is 0 Å². The summed E-state index contributed by atoms with van der Waals surface area (Å²) in [4.78, 5) is 39.9. The Morgan fingerprint density at radius 2 is 1.97 bits per heavy atom. The van der Waals surface area contributed by atoms with Gasteiger partial charge in [0.1, 0.15) is 11.1 Å². The van der Waals surface area contributed by atoms with Gasteiger partial charge in [0.15, 0.2) is 5.43 Å². The lowest BCUT2D eigenvalue weighted by Gasteiger charge is -2.22. The van der Waals surface area contributed by atoms with Gasteiger partial charge in [-0.05, 0) is 35.9 Å². The van der Waals surface area contributed by atoms with Crippen LogP contribution < -0.4 is 10.3 Å². The molecule has 8 nitrogen and oxygen atoms in total. The first kappa shape index (κ1) is 19.4. The predicted molar refractivity (Wildman–Crippen MR) is 114 cm³/mol. The van der Waals surface area contributed by atoms with E-state index in [9.17, 15) is 14.4 Å². The summed E-state index contributed by atoms with van der Waals surface area (Å²) in [5, 5.41) is 8.80. The van der Waals surface area contributed by atoms with Crippen LogP contribution in [0.3, 0.4) is 0 Å². The molecule has 0 saturated heterocycles. The summed E-state index contributed by atoms with van der Waals surface area (Å²) in [6, 6.07) is 10.3. The van der Waals surface area contributed by atoms with Crippen molar-refractivity contribution in [1.29, 1.82) is 0 Å². The number of nitrogens with zero attached hydrogens (tertiary/aromatic N) is 3. The van der Waals surface area contributed by atoms with Gasteiger partial charge in [0.05, 0.1) is 29.7 Å². The molecule has 3 heterocycles. The highest BCUT2D eigenvalue weighted by Crippen LogP contribution is 2.41. The fourth-order valence-corrected chi connectivity index (χ4v) is 4.41. The average molecular weight is 454 g/mol. The summed E-state index contributed by atoms with van der Waals surface area (Å²) in [6.07, 6.45) is 0. The van der Waals surface area contributed by atoms with Crippen molar-refractivity contribution < 1.29 is 18.7 Å². The number of esters is 1. The molecule has 0 spiro atoms. The van der Waals surface area contributed by atoms with Crippen LogP contribution in [0.15, 0.2) is 57.2 Å². The first-order valence-electron chi connectivity index (χ1n) is 9.04. The van der Waals surface area contributed by atoms with E-state index in [1.807, 2.05) is 0 Å². The van der Waals surface area contributed by atoms with Gasteiger partial charge in [-0.1, -0.05) is 35.1 Å². The standard InChI is InChI=1S/C21H12ClN3O5S/c1-29-20(28)11-4-2-10(3-5-11)16-15-17(26)13-8-12(22)6-7-14(13)30-18(15)19(27)25(16)21-24-23-9-31-21/h2-9,16H,1H3. The third kappa shape index (κ3) is 3.01. The second kappa shape index (κ2) is 7.29. The number of rotatable bonds is 3. The number of aromatic nitrogens is 2. The zero-order valence-electron chi connectivity index (χ0n) is 15.9. The zero-order valence-corrected chi connectivity index (χ0v) is 17.4. The molecule has 0 bridgehead atoms. The molecular formula is C21H12ClN3O5S. The molecule has 1 aliphatic rings. The SMILES string of the molecule is COC(=O)c1ccc(C2c3c(oc4ccc(Cl)cc4c3=O)C(=O)N2c2nncs2)cc1. The number of carbonyl (C=O) groups is 2. The molecule has 1 amide bonds. The van der Waals surface area contributed by atoms with E-state index in [1.54, 1.807) is 36.4 Å². The number of amides is 1. The minimum absolute atomic E-state index is 0.0583. The maximum Gasteiger partial charge on any atom is 0.337 e. The van der Waals surface area contributed by atoms with E-state index in [0.717, 1.165) is 11.3 Å². The number of halogens is 1. The Morgan fingerprint density at radius 1 is 1.19 bits per heavy atom. The number of methoxy groups -OCH3 is 1. The Hall–Kier alpha value is -3.56. The topological polar surface area (TPSA) is 103 Å². The number of anilines is 1. The van der Waals surface area contributed by atoms with Crippen molar-refractivity contribution in [3.63, 3.8) is 0 Å². The van der Waals surface area contributed by atoms with Crippen LogP contribution in [0.1, 0.15) is 38.1 Å². The van der Waals surface area contributed by atoms with Gasteiger partial charge < -0.3 is 9.15 Å².